The maximum atomic E-state index is 7.03. The molecule has 0 aliphatic rings. The third-order valence-electron chi connectivity index (χ3n) is 13.0. The van der Waals surface area contributed by atoms with Crippen molar-refractivity contribution in [1.29, 1.82) is 0 Å². The van der Waals surface area contributed by atoms with Gasteiger partial charge in [0.05, 0.1) is 22.1 Å². The molecule has 12 aromatic rings. The van der Waals surface area contributed by atoms with Gasteiger partial charge in [0.25, 0.3) is 0 Å². The Morgan fingerprint density at radius 2 is 0.938 bits per heavy atom. The summed E-state index contributed by atoms with van der Waals surface area (Å²) in [5.41, 5.74) is 20.1. The molecule has 0 aliphatic carbocycles. The molecule has 0 aliphatic heterocycles. The van der Waals surface area contributed by atoms with Crippen LogP contribution >= 0.6 is 0 Å². The Hall–Kier alpha value is -8.40. The van der Waals surface area contributed by atoms with Gasteiger partial charge in [-0.1, -0.05) is 164 Å². The van der Waals surface area contributed by atoms with E-state index in [4.69, 9.17) is 4.42 Å². The molecule has 2 aromatic heterocycles. The molecule has 0 atom stereocenters. The number of hydrogen-bond acceptors (Lipinski definition) is 2. The van der Waals surface area contributed by atoms with Gasteiger partial charge in [-0.3, -0.25) is 0 Å². The SMILES string of the molecule is Cc1cc(N(c2cc(C)c(-c3ccccc3)c(-c3ccccc3)c2)c2ccc(-c3cccc(-n4c5ccccc5c5ccccc54)c3)c3oc4ccccc4c23)ccc1-c1ccccc1. The molecule has 0 N–H and O–H groups in total. The normalized spacial score (nSPS) is 11.5. The molecule has 0 fully saturated rings. The first kappa shape index (κ1) is 38.3. The van der Waals surface area contributed by atoms with E-state index < -0.39 is 0 Å². The van der Waals surface area contributed by atoms with Gasteiger partial charge in [0.1, 0.15) is 11.2 Å². The minimum absolute atomic E-state index is 0.853. The van der Waals surface area contributed by atoms with Crippen molar-refractivity contribution >= 4 is 60.8 Å². The second-order valence-electron chi connectivity index (χ2n) is 17.0. The number of benzene rings is 10. The first-order valence-electron chi connectivity index (χ1n) is 22.3. The lowest BCUT2D eigenvalue weighted by molar-refractivity contribution is 0.670. The Kier molecular flexibility index (Phi) is 9.28. The zero-order chi connectivity index (χ0) is 43.4. The summed E-state index contributed by atoms with van der Waals surface area (Å²) in [5.74, 6) is 0. The highest BCUT2D eigenvalue weighted by atomic mass is 16.3. The summed E-state index contributed by atoms with van der Waals surface area (Å²) in [6, 6.07) is 83.1. The van der Waals surface area contributed by atoms with E-state index in [9.17, 15) is 0 Å². The Morgan fingerprint density at radius 3 is 1.62 bits per heavy atom. The number of aryl methyl sites for hydroxylation is 2. The van der Waals surface area contributed by atoms with Crippen LogP contribution in [0.1, 0.15) is 11.1 Å². The van der Waals surface area contributed by atoms with E-state index in [0.29, 0.717) is 0 Å². The van der Waals surface area contributed by atoms with Crippen molar-refractivity contribution in [2.24, 2.45) is 0 Å². The first-order valence-corrected chi connectivity index (χ1v) is 22.3. The summed E-state index contributed by atoms with van der Waals surface area (Å²) < 4.78 is 9.41. The molecule has 308 valence electrons. The van der Waals surface area contributed by atoms with Gasteiger partial charge in [0.2, 0.25) is 0 Å². The molecular formula is C62H44N2O. The van der Waals surface area contributed by atoms with Crippen LogP contribution in [0.25, 0.3) is 93.9 Å². The number of rotatable bonds is 8. The molecule has 0 unspecified atom stereocenters. The van der Waals surface area contributed by atoms with Gasteiger partial charge in [0, 0.05) is 38.8 Å². The van der Waals surface area contributed by atoms with Crippen LogP contribution in [0, 0.1) is 13.8 Å². The first-order chi connectivity index (χ1) is 32.1. The van der Waals surface area contributed by atoms with Crippen LogP contribution in [0.15, 0.2) is 235 Å². The topological polar surface area (TPSA) is 21.3 Å². The minimum atomic E-state index is 0.853. The van der Waals surface area contributed by atoms with Gasteiger partial charge in [-0.05, 0) is 131 Å². The van der Waals surface area contributed by atoms with E-state index >= 15 is 0 Å². The van der Waals surface area contributed by atoms with Crippen LogP contribution in [0.3, 0.4) is 0 Å². The molecule has 3 nitrogen and oxygen atoms in total. The average molecular weight is 833 g/mol. The third-order valence-corrected chi connectivity index (χ3v) is 13.0. The summed E-state index contributed by atoms with van der Waals surface area (Å²) in [6.07, 6.45) is 0. The molecule has 0 bridgehead atoms. The summed E-state index contributed by atoms with van der Waals surface area (Å²) in [4.78, 5) is 2.44. The number of fused-ring (bicyclic) bond motifs is 6. The highest BCUT2D eigenvalue weighted by Gasteiger charge is 2.25. The van der Waals surface area contributed by atoms with Gasteiger partial charge in [0.15, 0.2) is 0 Å². The van der Waals surface area contributed by atoms with Gasteiger partial charge in [-0.15, -0.1) is 0 Å². The van der Waals surface area contributed by atoms with Crippen molar-refractivity contribution < 1.29 is 4.42 Å². The molecule has 0 saturated carbocycles. The lowest BCUT2D eigenvalue weighted by atomic mass is 9.89. The second-order valence-corrected chi connectivity index (χ2v) is 17.0. The van der Waals surface area contributed by atoms with Gasteiger partial charge in [-0.25, -0.2) is 0 Å². The van der Waals surface area contributed by atoms with Gasteiger partial charge in [-0.2, -0.15) is 0 Å². The average Bonchev–Trinajstić information content (AvgIpc) is 3.92. The summed E-state index contributed by atoms with van der Waals surface area (Å²) >= 11 is 0. The van der Waals surface area contributed by atoms with E-state index in [1.165, 1.54) is 66.3 Å². The zero-order valence-corrected chi connectivity index (χ0v) is 36.2. The zero-order valence-electron chi connectivity index (χ0n) is 36.2. The molecule has 10 aromatic carbocycles. The molecular weight excluding hydrogens is 789 g/mol. The predicted molar refractivity (Wildman–Crippen MR) is 274 cm³/mol. The molecule has 0 radical (unpaired) electrons. The fourth-order valence-corrected chi connectivity index (χ4v) is 10.1. The van der Waals surface area contributed by atoms with Crippen molar-refractivity contribution in [1.82, 2.24) is 4.57 Å². The number of nitrogens with zero attached hydrogens (tertiary/aromatic N) is 2. The quantitative estimate of drug-likeness (QED) is 0.152. The molecule has 3 heteroatoms. The number of aromatic nitrogens is 1. The predicted octanol–water partition coefficient (Wildman–Crippen LogP) is 17.4. The standard InChI is InChI=1S/C62H44N2O/c1-41-37-48(33-34-50(41)43-19-6-3-7-20-43)63(49-38-42(2)60(45-23-10-5-11-24-45)55(40-49)44-21-8-4-9-22-44)58-36-35-51(62-61(58)54-29-14-17-32-59(54)65-62)46-25-18-26-47(39-46)64-56-30-15-12-27-52(56)53-28-13-16-31-57(53)64/h3-40H,1-2H3. The van der Waals surface area contributed by atoms with Crippen LogP contribution in [-0.2, 0) is 0 Å². The smallest absolute Gasteiger partial charge is 0.145 e. The molecule has 2 heterocycles. The molecule has 0 amide bonds. The number of anilines is 3. The molecule has 65 heavy (non-hydrogen) atoms. The molecule has 0 spiro atoms. The second kappa shape index (κ2) is 15.7. The van der Waals surface area contributed by atoms with Gasteiger partial charge >= 0.3 is 0 Å². The molecule has 12 rings (SSSR count). The Balaban J connectivity index is 1.11. The number of para-hydroxylation sites is 3. The maximum absolute atomic E-state index is 7.03. The monoisotopic (exact) mass is 832 g/mol. The van der Waals surface area contributed by atoms with Crippen molar-refractivity contribution in [3.8, 4) is 50.2 Å². The molecule has 0 saturated heterocycles. The van der Waals surface area contributed by atoms with Crippen LogP contribution in [0.5, 0.6) is 0 Å². The van der Waals surface area contributed by atoms with Gasteiger partial charge < -0.3 is 13.9 Å². The van der Waals surface area contributed by atoms with Crippen LogP contribution in [0.2, 0.25) is 0 Å². The summed E-state index contributed by atoms with van der Waals surface area (Å²) in [7, 11) is 0. The number of hydrogen-bond donors (Lipinski definition) is 0. The van der Waals surface area contributed by atoms with Crippen molar-refractivity contribution in [2.45, 2.75) is 13.8 Å². The Labute approximate surface area is 378 Å². The maximum Gasteiger partial charge on any atom is 0.145 e. The fourth-order valence-electron chi connectivity index (χ4n) is 10.1. The minimum Gasteiger partial charge on any atom is -0.455 e. The van der Waals surface area contributed by atoms with E-state index in [0.717, 1.165) is 55.8 Å². The Bertz CT molecular complexity index is 3680. The summed E-state index contributed by atoms with van der Waals surface area (Å²) in [6.45, 7) is 4.47. The van der Waals surface area contributed by atoms with Crippen LogP contribution in [-0.4, -0.2) is 4.57 Å². The highest BCUT2D eigenvalue weighted by molar-refractivity contribution is 6.17. The lowest BCUT2D eigenvalue weighted by Crippen LogP contribution is -2.12. The Morgan fingerprint density at radius 1 is 0.385 bits per heavy atom. The van der Waals surface area contributed by atoms with Crippen LogP contribution in [0.4, 0.5) is 17.1 Å². The lowest BCUT2D eigenvalue weighted by Gasteiger charge is -2.29. The fraction of sp³-hybridized carbons (Fsp3) is 0.0323. The summed E-state index contributed by atoms with van der Waals surface area (Å²) in [5, 5.41) is 4.62. The van der Waals surface area contributed by atoms with Crippen molar-refractivity contribution in [2.75, 3.05) is 4.90 Å². The third kappa shape index (κ3) is 6.51. The van der Waals surface area contributed by atoms with Crippen molar-refractivity contribution in [3.05, 3.63) is 242 Å². The van der Waals surface area contributed by atoms with E-state index in [2.05, 4.69) is 254 Å². The van der Waals surface area contributed by atoms with E-state index in [1.54, 1.807) is 0 Å². The number of furan rings is 1. The van der Waals surface area contributed by atoms with Crippen molar-refractivity contribution in [3.63, 3.8) is 0 Å². The largest absolute Gasteiger partial charge is 0.455 e. The van der Waals surface area contributed by atoms with E-state index in [-0.39, 0.29) is 0 Å². The van der Waals surface area contributed by atoms with Crippen LogP contribution < -0.4 is 4.90 Å². The highest BCUT2D eigenvalue weighted by Crippen LogP contribution is 2.49. The van der Waals surface area contributed by atoms with E-state index in [1.807, 2.05) is 0 Å².